The highest BCUT2D eigenvalue weighted by Crippen LogP contribution is 2.05. The van der Waals surface area contributed by atoms with Crippen LogP contribution in [0.25, 0.3) is 0 Å². The van der Waals surface area contributed by atoms with Crippen molar-refractivity contribution >= 4 is 17.5 Å². The van der Waals surface area contributed by atoms with E-state index in [1.54, 1.807) is 29.2 Å². The summed E-state index contributed by atoms with van der Waals surface area (Å²) >= 11 is 0. The van der Waals surface area contributed by atoms with E-state index in [4.69, 9.17) is 5.73 Å². The van der Waals surface area contributed by atoms with Crippen LogP contribution in [0.15, 0.2) is 24.3 Å². The molecule has 0 spiro atoms. The minimum atomic E-state index is -0.261. The van der Waals surface area contributed by atoms with Crippen molar-refractivity contribution in [2.24, 2.45) is 0 Å². The molecule has 0 aliphatic carbocycles. The van der Waals surface area contributed by atoms with Gasteiger partial charge in [0.1, 0.15) is 0 Å². The van der Waals surface area contributed by atoms with Gasteiger partial charge in [-0.1, -0.05) is 0 Å². The molecule has 0 radical (unpaired) electrons. The number of nitrogens with one attached hydrogen (secondary N) is 2. The Bertz CT molecular complexity index is 452. The molecule has 2 rings (SSSR count). The highest BCUT2D eigenvalue weighted by atomic mass is 16.2. The third-order valence-corrected chi connectivity index (χ3v) is 3.04. The summed E-state index contributed by atoms with van der Waals surface area (Å²) in [6, 6.07) is 6.60. The molecule has 0 saturated carbocycles. The monoisotopic (exact) mass is 262 g/mol. The summed E-state index contributed by atoms with van der Waals surface area (Å²) in [6.45, 7) is 3.02. The Morgan fingerprint density at radius 1 is 1.21 bits per heavy atom. The summed E-state index contributed by atoms with van der Waals surface area (Å²) in [4.78, 5) is 25.4. The number of amides is 2. The molecule has 19 heavy (non-hydrogen) atoms. The van der Waals surface area contributed by atoms with Gasteiger partial charge < -0.3 is 21.3 Å². The lowest BCUT2D eigenvalue weighted by atomic mass is 10.2. The normalized spacial score (nSPS) is 15.1. The first-order valence-corrected chi connectivity index (χ1v) is 6.29. The molecule has 6 nitrogen and oxygen atoms in total. The lowest BCUT2D eigenvalue weighted by molar-refractivity contribution is -0.130. The number of hydrogen-bond donors (Lipinski definition) is 3. The third kappa shape index (κ3) is 3.69. The van der Waals surface area contributed by atoms with Crippen molar-refractivity contribution < 1.29 is 9.59 Å². The number of benzene rings is 1. The Balaban J connectivity index is 1.82. The van der Waals surface area contributed by atoms with Gasteiger partial charge in [0.2, 0.25) is 5.91 Å². The average molecular weight is 262 g/mol. The number of nitrogens with zero attached hydrogens (tertiary/aromatic N) is 1. The molecule has 0 aromatic heterocycles. The van der Waals surface area contributed by atoms with Gasteiger partial charge in [0, 0.05) is 37.4 Å². The Morgan fingerprint density at radius 3 is 2.47 bits per heavy atom. The number of piperazine rings is 1. The van der Waals surface area contributed by atoms with E-state index in [9.17, 15) is 9.59 Å². The van der Waals surface area contributed by atoms with Crippen LogP contribution >= 0.6 is 0 Å². The van der Waals surface area contributed by atoms with Crippen LogP contribution in [0.5, 0.6) is 0 Å². The van der Waals surface area contributed by atoms with E-state index in [1.165, 1.54) is 0 Å². The number of nitrogen functional groups attached to an aromatic ring is 1. The molecule has 0 unspecified atom stereocenters. The molecule has 1 fully saturated rings. The van der Waals surface area contributed by atoms with Gasteiger partial charge in [0.25, 0.3) is 5.91 Å². The molecule has 0 bridgehead atoms. The molecule has 1 heterocycles. The molecule has 1 saturated heterocycles. The lowest BCUT2D eigenvalue weighted by Gasteiger charge is -2.27. The smallest absolute Gasteiger partial charge is 0.251 e. The molecule has 1 aliphatic rings. The number of hydrogen-bond acceptors (Lipinski definition) is 4. The molecule has 4 N–H and O–H groups in total. The Labute approximate surface area is 112 Å². The maximum atomic E-state index is 11.9. The first kappa shape index (κ1) is 13.4. The molecule has 1 aromatic carbocycles. The SMILES string of the molecule is Nc1ccc(C(=O)NCC(=O)N2CCNCC2)cc1. The van der Waals surface area contributed by atoms with Crippen molar-refractivity contribution in [3.63, 3.8) is 0 Å². The summed E-state index contributed by atoms with van der Waals surface area (Å²) in [6.07, 6.45) is 0. The highest BCUT2D eigenvalue weighted by Gasteiger charge is 2.16. The second-order valence-corrected chi connectivity index (χ2v) is 4.44. The quantitative estimate of drug-likeness (QED) is 0.637. The zero-order valence-corrected chi connectivity index (χ0v) is 10.7. The summed E-state index contributed by atoms with van der Waals surface area (Å²) in [5.41, 5.74) is 6.66. The van der Waals surface area contributed by atoms with Gasteiger partial charge in [-0.05, 0) is 24.3 Å². The summed E-state index contributed by atoms with van der Waals surface area (Å²) in [5, 5.41) is 5.80. The van der Waals surface area contributed by atoms with Crippen molar-refractivity contribution in [2.45, 2.75) is 0 Å². The minimum absolute atomic E-state index is 0.0310. The van der Waals surface area contributed by atoms with E-state index >= 15 is 0 Å². The highest BCUT2D eigenvalue weighted by molar-refractivity contribution is 5.96. The fourth-order valence-electron chi connectivity index (χ4n) is 1.92. The van der Waals surface area contributed by atoms with Gasteiger partial charge in [-0.25, -0.2) is 0 Å². The molecular weight excluding hydrogens is 244 g/mol. The van der Waals surface area contributed by atoms with Crippen LogP contribution < -0.4 is 16.4 Å². The third-order valence-electron chi connectivity index (χ3n) is 3.04. The Kier molecular flexibility index (Phi) is 4.35. The molecule has 2 amide bonds. The van der Waals surface area contributed by atoms with Crippen molar-refractivity contribution in [3.8, 4) is 0 Å². The van der Waals surface area contributed by atoms with Crippen molar-refractivity contribution in [3.05, 3.63) is 29.8 Å². The summed E-state index contributed by atoms with van der Waals surface area (Å²) < 4.78 is 0. The zero-order valence-electron chi connectivity index (χ0n) is 10.7. The Hall–Kier alpha value is -2.08. The molecule has 6 heteroatoms. The standard InChI is InChI=1S/C13H18N4O2/c14-11-3-1-10(2-4-11)13(19)16-9-12(18)17-7-5-15-6-8-17/h1-4,15H,5-9,14H2,(H,16,19). The van der Waals surface area contributed by atoms with E-state index < -0.39 is 0 Å². The van der Waals surface area contributed by atoms with Crippen LogP contribution in [-0.4, -0.2) is 49.4 Å². The van der Waals surface area contributed by atoms with Crippen LogP contribution in [0, 0.1) is 0 Å². The number of carbonyl (C=O) groups is 2. The van der Waals surface area contributed by atoms with Gasteiger partial charge >= 0.3 is 0 Å². The van der Waals surface area contributed by atoms with Gasteiger partial charge in [-0.2, -0.15) is 0 Å². The predicted octanol–water partition coefficient (Wildman–Crippen LogP) is -0.570. The largest absolute Gasteiger partial charge is 0.399 e. The molecule has 1 aromatic rings. The van der Waals surface area contributed by atoms with Gasteiger partial charge in [-0.3, -0.25) is 9.59 Å². The van der Waals surface area contributed by atoms with Crippen LogP contribution in [0.4, 0.5) is 5.69 Å². The lowest BCUT2D eigenvalue weighted by Crippen LogP contribution is -2.49. The van der Waals surface area contributed by atoms with E-state index in [0.717, 1.165) is 13.1 Å². The Morgan fingerprint density at radius 2 is 1.84 bits per heavy atom. The van der Waals surface area contributed by atoms with Gasteiger partial charge in [-0.15, -0.1) is 0 Å². The maximum absolute atomic E-state index is 11.9. The average Bonchev–Trinajstić information content (AvgIpc) is 2.46. The van der Waals surface area contributed by atoms with Gasteiger partial charge in [0.05, 0.1) is 6.54 Å². The van der Waals surface area contributed by atoms with E-state index in [-0.39, 0.29) is 18.4 Å². The van der Waals surface area contributed by atoms with Crippen molar-refractivity contribution in [1.29, 1.82) is 0 Å². The molecule has 0 atom stereocenters. The van der Waals surface area contributed by atoms with E-state index in [2.05, 4.69) is 10.6 Å². The first-order chi connectivity index (χ1) is 9.16. The maximum Gasteiger partial charge on any atom is 0.251 e. The molecular formula is C13H18N4O2. The van der Waals surface area contributed by atoms with Crippen LogP contribution in [0.2, 0.25) is 0 Å². The van der Waals surface area contributed by atoms with Crippen molar-refractivity contribution in [1.82, 2.24) is 15.5 Å². The number of rotatable bonds is 3. The number of carbonyl (C=O) groups excluding carboxylic acids is 2. The van der Waals surface area contributed by atoms with Crippen LogP contribution in [0.1, 0.15) is 10.4 Å². The number of anilines is 1. The van der Waals surface area contributed by atoms with E-state index in [0.29, 0.717) is 24.3 Å². The van der Waals surface area contributed by atoms with Gasteiger partial charge in [0.15, 0.2) is 0 Å². The zero-order chi connectivity index (χ0) is 13.7. The molecule has 1 aliphatic heterocycles. The van der Waals surface area contributed by atoms with E-state index in [1.807, 2.05) is 0 Å². The first-order valence-electron chi connectivity index (χ1n) is 6.29. The minimum Gasteiger partial charge on any atom is -0.399 e. The second kappa shape index (κ2) is 6.19. The van der Waals surface area contributed by atoms with Crippen LogP contribution in [-0.2, 0) is 4.79 Å². The molecule has 102 valence electrons. The summed E-state index contributed by atoms with van der Waals surface area (Å²) in [7, 11) is 0. The van der Waals surface area contributed by atoms with Crippen molar-refractivity contribution in [2.75, 3.05) is 38.5 Å². The number of nitrogens with two attached hydrogens (primary N) is 1. The fourth-order valence-corrected chi connectivity index (χ4v) is 1.92. The second-order valence-electron chi connectivity index (χ2n) is 4.44. The topological polar surface area (TPSA) is 87.5 Å². The fraction of sp³-hybridized carbons (Fsp3) is 0.385. The van der Waals surface area contributed by atoms with Crippen LogP contribution in [0.3, 0.4) is 0 Å². The summed E-state index contributed by atoms with van der Waals surface area (Å²) in [5.74, 6) is -0.311. The predicted molar refractivity (Wildman–Crippen MR) is 72.6 cm³/mol.